The van der Waals surface area contributed by atoms with Crippen LogP contribution in [0.3, 0.4) is 0 Å². The van der Waals surface area contributed by atoms with Gasteiger partial charge in [0, 0.05) is 125 Å². The van der Waals surface area contributed by atoms with Crippen molar-refractivity contribution in [3.63, 3.8) is 0 Å². The number of para-hydroxylation sites is 3. The molecule has 0 fully saturated rings. The number of aliphatic hydroxyl groups excluding tert-OH is 1. The first-order chi connectivity index (χ1) is 48.2. The van der Waals surface area contributed by atoms with Crippen molar-refractivity contribution in [1.82, 2.24) is 19.5 Å². The van der Waals surface area contributed by atoms with Crippen LogP contribution in [0.5, 0.6) is 0 Å². The first-order valence-electron chi connectivity index (χ1n) is 33.2. The first-order valence-corrected chi connectivity index (χ1v) is 31.4. The molecule has 2 radical (unpaired) electrons. The fourth-order valence-electron chi connectivity index (χ4n) is 11.1. The van der Waals surface area contributed by atoms with Gasteiger partial charge in [0.2, 0.25) is 11.4 Å². The molecule has 0 spiro atoms. The van der Waals surface area contributed by atoms with E-state index in [0.29, 0.717) is 5.56 Å². The van der Waals surface area contributed by atoms with Crippen molar-refractivity contribution in [2.24, 2.45) is 0 Å². The van der Waals surface area contributed by atoms with E-state index in [9.17, 15) is 4.79 Å². The summed E-state index contributed by atoms with van der Waals surface area (Å²) in [6.45, 7) is 4.04. The number of pyridine rings is 4. The summed E-state index contributed by atoms with van der Waals surface area (Å²) in [4.78, 5) is 23.5. The van der Waals surface area contributed by atoms with Gasteiger partial charge in [0.25, 0.3) is 0 Å². The Bertz CT molecular complexity index is 5630. The van der Waals surface area contributed by atoms with E-state index in [0.717, 1.165) is 57.2 Å². The Hall–Kier alpha value is -10.0. The third kappa shape index (κ3) is 14.7. The van der Waals surface area contributed by atoms with Crippen LogP contribution < -0.4 is 9.13 Å². The van der Waals surface area contributed by atoms with E-state index in [1.54, 1.807) is 10.8 Å². The maximum absolute atomic E-state index is 10.0. The summed E-state index contributed by atoms with van der Waals surface area (Å²) in [6.07, 6.45) is 8.35. The SMILES string of the molecule is CC(=O)C=C(C)O.[2H]c1c[n+]2c(c([2H])c1[2H])-c1c([2H])c([2H])c([2H])c([2H])c1C2.[Ir].[Ir].[c-]1ccc2c(sc3ccccc32)c1-c1ccccn1.[c-]1ccccc1-c1ccccn1.[c-]1ccccc1-c1nc2ccccc2n1-c1ccccc1.c1cc[n+]2c(c1)-c1c(ccc3c1sc1ccccc13)C2. The average Bonchev–Trinajstić information content (AvgIpc) is 1.61. The molecule has 0 atom stereocenters. The summed E-state index contributed by atoms with van der Waals surface area (Å²) in [5.74, 6) is 0.857. The van der Waals surface area contributed by atoms with Gasteiger partial charge in [0.15, 0.2) is 31.3 Å². The summed E-state index contributed by atoms with van der Waals surface area (Å²) < 4.78 is 66.0. The van der Waals surface area contributed by atoms with E-state index in [1.165, 1.54) is 83.3 Å². The molecular formula is C82H61Ir2N6O2S2-. The smallest absolute Gasteiger partial charge is 0.214 e. The van der Waals surface area contributed by atoms with Gasteiger partial charge in [0.05, 0.1) is 43.3 Å². The molecule has 0 aliphatic carbocycles. The topological polar surface area (TPSA) is 88.7 Å². The Kier molecular flexibility index (Phi) is 18.8. The number of carbonyl (C=O) groups is 1. The largest absolute Gasteiger partial charge is 0.512 e. The second kappa shape index (κ2) is 31.1. The minimum atomic E-state index is -0.344. The van der Waals surface area contributed by atoms with E-state index in [1.807, 2.05) is 156 Å². The van der Waals surface area contributed by atoms with Gasteiger partial charge < -0.3 is 19.6 Å². The Morgan fingerprint density at radius 3 is 1.83 bits per heavy atom. The maximum atomic E-state index is 10.0. The first kappa shape index (κ1) is 56.7. The number of hydrogen-bond acceptors (Lipinski definition) is 7. The van der Waals surface area contributed by atoms with Crippen LogP contribution in [0.25, 0.3) is 113 Å². The number of aromatic nitrogens is 6. The van der Waals surface area contributed by atoms with Crippen molar-refractivity contribution in [2.75, 3.05) is 0 Å². The van der Waals surface area contributed by atoms with E-state index in [4.69, 9.17) is 19.7 Å². The van der Waals surface area contributed by atoms with Crippen LogP contribution >= 0.6 is 22.7 Å². The standard InChI is InChI=1S/C19H13N2.C18H12NS.C17H10NS.C12H10N.C11H8N.C5H8O2.2Ir/c1-3-9-15(10-4-1)19-20-17-13-7-8-14-18(17)21(19)16-11-5-2-6-12-16;1-2-7-16-13(5-1)14-9-8-12-11-19-10-4-3-6-15(19)17(12)18(14)20-16;1-2-10-16-12(6-1)13-7-5-8-14(17(13)19-16)15-9-3-4-11-18-15;1-2-6-11-10(5-1)9-13-8-4-3-7-12(11)13;1-2-6-10(7-3-1)11-8-4-5-9-12-11;1-4(6)3-5(2)7;;/h1-9,11-14H;1-10H,11H2;1-7,9-11H;1-8H,9H2;1-6,8-9H;3,6H,1-2H3;;/q-1;+1;-1;+1;-1;;;/i;;;1D,2D,3D,4D,5D,6D,7D;;;;. The number of benzene rings is 9. The van der Waals surface area contributed by atoms with E-state index in [2.05, 4.69) is 147 Å². The molecule has 0 amide bonds. The Labute approximate surface area is 591 Å². The fourth-order valence-corrected chi connectivity index (χ4v) is 13.6. The van der Waals surface area contributed by atoms with Gasteiger partial charge in [-0.25, -0.2) is 0 Å². The summed E-state index contributed by atoms with van der Waals surface area (Å²) >= 11 is 3.73. The molecule has 94 heavy (non-hydrogen) atoms. The molecule has 462 valence electrons. The summed E-state index contributed by atoms with van der Waals surface area (Å²) in [5, 5.41) is 13.7. The normalized spacial score (nSPS) is 12.2. The van der Waals surface area contributed by atoms with Crippen LogP contribution in [0.1, 0.15) is 34.6 Å². The van der Waals surface area contributed by atoms with Crippen molar-refractivity contribution in [2.45, 2.75) is 26.9 Å². The molecule has 0 saturated carbocycles. The predicted molar refractivity (Wildman–Crippen MR) is 378 cm³/mol. The molecule has 12 heteroatoms. The molecule has 7 aromatic heterocycles. The van der Waals surface area contributed by atoms with Crippen LogP contribution in [0.15, 0.2) is 309 Å². The number of fused-ring (bicyclic) bond motifs is 14. The van der Waals surface area contributed by atoms with E-state index in [-0.39, 0.29) is 112 Å². The van der Waals surface area contributed by atoms with Crippen molar-refractivity contribution in [1.29, 1.82) is 0 Å². The number of thiophene rings is 2. The summed E-state index contributed by atoms with van der Waals surface area (Å²) in [5.41, 5.74) is 13.5. The van der Waals surface area contributed by atoms with Crippen LogP contribution in [0.4, 0.5) is 0 Å². The predicted octanol–water partition coefficient (Wildman–Crippen LogP) is 19.4. The molecule has 0 unspecified atom stereocenters. The third-order valence-electron chi connectivity index (χ3n) is 15.1. The Morgan fingerprint density at radius 1 is 0.532 bits per heavy atom. The average molecular weight is 1620 g/mol. The number of carbonyl (C=O) groups excluding carboxylic acids is 1. The van der Waals surface area contributed by atoms with Gasteiger partial charge in [-0.1, -0.05) is 127 Å². The zero-order valence-electron chi connectivity index (χ0n) is 57.8. The molecule has 2 aliphatic heterocycles. The molecule has 1 N–H and O–H groups in total. The summed E-state index contributed by atoms with van der Waals surface area (Å²) in [7, 11) is 0. The van der Waals surface area contributed by atoms with Gasteiger partial charge in [-0.05, 0) is 102 Å². The molecular weight excluding hydrogens is 1550 g/mol. The van der Waals surface area contributed by atoms with Crippen molar-refractivity contribution in [3.8, 4) is 62.1 Å². The van der Waals surface area contributed by atoms with Crippen LogP contribution in [-0.2, 0) is 58.1 Å². The zero-order valence-corrected chi connectivity index (χ0v) is 57.2. The zero-order chi connectivity index (χ0) is 68.7. The molecule has 8 nitrogen and oxygen atoms in total. The molecule has 16 aromatic rings. The number of hydrogen-bond donors (Lipinski definition) is 1. The molecule has 0 saturated heterocycles. The van der Waals surface area contributed by atoms with Crippen molar-refractivity contribution >= 4 is 79.8 Å². The number of aliphatic hydroxyl groups is 1. The Balaban J connectivity index is 0.000000125. The van der Waals surface area contributed by atoms with Gasteiger partial charge in [-0.15, -0.1) is 107 Å². The van der Waals surface area contributed by atoms with Crippen molar-refractivity contribution in [3.05, 3.63) is 339 Å². The minimum Gasteiger partial charge on any atom is -0.512 e. The van der Waals surface area contributed by atoms with Gasteiger partial charge in [-0.3, -0.25) is 9.78 Å². The molecule has 9 heterocycles. The molecule has 18 rings (SSSR count). The van der Waals surface area contributed by atoms with E-state index < -0.39 is 0 Å². The van der Waals surface area contributed by atoms with Gasteiger partial charge >= 0.3 is 0 Å². The van der Waals surface area contributed by atoms with Crippen LogP contribution in [-0.4, -0.2) is 30.4 Å². The van der Waals surface area contributed by atoms with E-state index >= 15 is 0 Å². The fraction of sp³-hybridized carbons (Fsp3) is 0.0488. The molecule has 0 bridgehead atoms. The molecule has 2 aliphatic rings. The Morgan fingerprint density at radius 2 is 1.14 bits per heavy atom. The van der Waals surface area contributed by atoms with Gasteiger partial charge in [0.1, 0.15) is 0 Å². The second-order valence-corrected chi connectivity index (χ2v) is 23.4. The summed E-state index contributed by atoms with van der Waals surface area (Å²) in [6, 6.07) is 86.8. The van der Waals surface area contributed by atoms with Crippen LogP contribution in [0, 0.1) is 18.2 Å². The number of rotatable bonds is 5. The number of allylic oxidation sites excluding steroid dienone is 2. The maximum Gasteiger partial charge on any atom is 0.214 e. The number of ketones is 1. The monoisotopic (exact) mass is 1620 g/mol. The second-order valence-electron chi connectivity index (χ2n) is 21.3. The van der Waals surface area contributed by atoms with Gasteiger partial charge in [-0.2, -0.15) is 20.5 Å². The minimum absolute atomic E-state index is 0. The quantitative estimate of drug-likeness (QED) is 0.0803. The molecule has 9 aromatic carbocycles. The number of imidazole rings is 1. The van der Waals surface area contributed by atoms with Crippen LogP contribution in [0.2, 0.25) is 0 Å². The third-order valence-corrected chi connectivity index (χ3v) is 17.5. The number of nitrogens with zero attached hydrogens (tertiary/aromatic N) is 6. The van der Waals surface area contributed by atoms with Crippen molar-refractivity contribution < 1.29 is 68.8 Å².